The molecule has 0 saturated carbocycles. The van der Waals surface area contributed by atoms with Crippen LogP contribution in [0.4, 0.5) is 5.82 Å². The van der Waals surface area contributed by atoms with Crippen LogP contribution in [-0.2, 0) is 4.79 Å². The minimum Gasteiger partial charge on any atom is -0.478 e. The van der Waals surface area contributed by atoms with Crippen LogP contribution in [0.15, 0.2) is 16.7 Å². The van der Waals surface area contributed by atoms with Crippen molar-refractivity contribution in [2.75, 3.05) is 11.9 Å². The Hall–Kier alpha value is -1.63. The maximum atomic E-state index is 11.6. The number of hydrogen-bond acceptors (Lipinski definition) is 4. The van der Waals surface area contributed by atoms with Crippen molar-refractivity contribution < 1.29 is 14.7 Å². The van der Waals surface area contributed by atoms with Gasteiger partial charge < -0.3 is 15.7 Å². The number of piperidine rings is 1. The minimum absolute atomic E-state index is 0.0442. The van der Waals surface area contributed by atoms with Gasteiger partial charge >= 0.3 is 5.97 Å². The van der Waals surface area contributed by atoms with Crippen molar-refractivity contribution in [3.63, 3.8) is 0 Å². The standard InChI is InChI=1S/C11H12BrN3O3/c12-6-4-7(11(17)18)9(14-5-6)15-8-2-1-3-13-10(8)16/h4-5,8H,1-3H2,(H,13,16)(H,14,15)(H,17,18). The van der Waals surface area contributed by atoms with Gasteiger partial charge in [-0.05, 0) is 34.8 Å². The van der Waals surface area contributed by atoms with E-state index < -0.39 is 12.0 Å². The number of carboxylic acid groups (broad SMARTS) is 1. The number of nitrogens with zero attached hydrogens (tertiary/aromatic N) is 1. The summed E-state index contributed by atoms with van der Waals surface area (Å²) in [7, 11) is 0. The zero-order chi connectivity index (χ0) is 13.1. The lowest BCUT2D eigenvalue weighted by molar-refractivity contribution is -0.123. The predicted molar refractivity (Wildman–Crippen MR) is 68.6 cm³/mol. The largest absolute Gasteiger partial charge is 0.478 e. The fourth-order valence-corrected chi connectivity index (χ4v) is 2.12. The summed E-state index contributed by atoms with van der Waals surface area (Å²) in [5, 5.41) is 14.7. The summed E-state index contributed by atoms with van der Waals surface area (Å²) in [6, 6.07) is 1.03. The van der Waals surface area contributed by atoms with Crippen molar-refractivity contribution in [3.05, 3.63) is 22.3 Å². The number of nitrogens with one attached hydrogen (secondary N) is 2. The van der Waals surface area contributed by atoms with E-state index in [2.05, 4.69) is 31.5 Å². The lowest BCUT2D eigenvalue weighted by Crippen LogP contribution is -2.44. The number of aromatic carboxylic acids is 1. The number of rotatable bonds is 3. The molecular weight excluding hydrogens is 302 g/mol. The highest BCUT2D eigenvalue weighted by molar-refractivity contribution is 9.10. The molecule has 1 amide bonds. The third kappa shape index (κ3) is 2.79. The van der Waals surface area contributed by atoms with E-state index in [0.717, 1.165) is 6.42 Å². The molecule has 3 N–H and O–H groups in total. The van der Waals surface area contributed by atoms with E-state index in [4.69, 9.17) is 5.11 Å². The molecule has 0 bridgehead atoms. The summed E-state index contributed by atoms with van der Waals surface area (Å²) >= 11 is 3.17. The summed E-state index contributed by atoms with van der Waals surface area (Å²) < 4.78 is 0.582. The first-order chi connectivity index (χ1) is 8.58. The van der Waals surface area contributed by atoms with Crippen LogP contribution < -0.4 is 10.6 Å². The number of amides is 1. The normalized spacial score (nSPS) is 19.2. The third-order valence-electron chi connectivity index (χ3n) is 2.68. The molecule has 2 rings (SSSR count). The summed E-state index contributed by atoms with van der Waals surface area (Å²) in [6.07, 6.45) is 3.03. The molecule has 1 saturated heterocycles. The summed E-state index contributed by atoms with van der Waals surface area (Å²) in [5.74, 6) is -0.988. The number of carboxylic acids is 1. The van der Waals surface area contributed by atoms with Crippen molar-refractivity contribution in [2.24, 2.45) is 0 Å². The van der Waals surface area contributed by atoms with Gasteiger partial charge in [0.15, 0.2) is 0 Å². The Morgan fingerprint density at radius 1 is 1.61 bits per heavy atom. The van der Waals surface area contributed by atoms with Crippen LogP contribution in [-0.4, -0.2) is 34.6 Å². The third-order valence-corrected chi connectivity index (χ3v) is 3.11. The van der Waals surface area contributed by atoms with Gasteiger partial charge in [0.1, 0.15) is 17.4 Å². The predicted octanol–water partition coefficient (Wildman–Crippen LogP) is 1.23. The van der Waals surface area contributed by atoms with Crippen molar-refractivity contribution in [1.82, 2.24) is 10.3 Å². The fourth-order valence-electron chi connectivity index (χ4n) is 1.79. The van der Waals surface area contributed by atoms with Crippen LogP contribution in [0.1, 0.15) is 23.2 Å². The number of anilines is 1. The molecule has 6 nitrogen and oxygen atoms in total. The summed E-state index contributed by atoms with van der Waals surface area (Å²) in [5.41, 5.74) is 0.0442. The second-order valence-electron chi connectivity index (χ2n) is 3.99. The fraction of sp³-hybridized carbons (Fsp3) is 0.364. The van der Waals surface area contributed by atoms with Gasteiger partial charge in [0.25, 0.3) is 0 Å². The van der Waals surface area contributed by atoms with Gasteiger partial charge in [-0.15, -0.1) is 0 Å². The zero-order valence-corrected chi connectivity index (χ0v) is 11.0. The number of hydrogen-bond donors (Lipinski definition) is 3. The van der Waals surface area contributed by atoms with E-state index in [1.54, 1.807) is 0 Å². The van der Waals surface area contributed by atoms with E-state index in [-0.39, 0.29) is 17.3 Å². The van der Waals surface area contributed by atoms with Crippen LogP contribution >= 0.6 is 15.9 Å². The zero-order valence-electron chi connectivity index (χ0n) is 9.44. The van der Waals surface area contributed by atoms with Gasteiger partial charge in [-0.2, -0.15) is 0 Å². The van der Waals surface area contributed by atoms with Crippen molar-refractivity contribution in [1.29, 1.82) is 0 Å². The van der Waals surface area contributed by atoms with Crippen LogP contribution in [0.25, 0.3) is 0 Å². The number of carbonyl (C=O) groups excluding carboxylic acids is 1. The molecule has 1 unspecified atom stereocenters. The molecule has 1 atom stereocenters. The second-order valence-corrected chi connectivity index (χ2v) is 4.90. The van der Waals surface area contributed by atoms with Crippen LogP contribution in [0.2, 0.25) is 0 Å². The monoisotopic (exact) mass is 313 g/mol. The number of halogens is 1. The Labute approximate surface area is 112 Å². The summed E-state index contributed by atoms with van der Waals surface area (Å²) in [4.78, 5) is 26.7. The lowest BCUT2D eigenvalue weighted by atomic mass is 10.1. The molecule has 18 heavy (non-hydrogen) atoms. The van der Waals surface area contributed by atoms with Gasteiger partial charge in [-0.1, -0.05) is 0 Å². The Bertz CT molecular complexity index is 492. The molecule has 0 radical (unpaired) electrons. The van der Waals surface area contributed by atoms with Gasteiger partial charge in [0, 0.05) is 17.2 Å². The Kier molecular flexibility index (Phi) is 3.81. The van der Waals surface area contributed by atoms with Gasteiger partial charge in [0.05, 0.1) is 0 Å². The minimum atomic E-state index is -1.08. The molecule has 0 aromatic carbocycles. The molecule has 0 aliphatic carbocycles. The molecule has 1 aromatic rings. The highest BCUT2D eigenvalue weighted by Crippen LogP contribution is 2.20. The van der Waals surface area contributed by atoms with Crippen molar-refractivity contribution in [2.45, 2.75) is 18.9 Å². The first kappa shape index (κ1) is 12.8. The van der Waals surface area contributed by atoms with Gasteiger partial charge in [-0.25, -0.2) is 9.78 Å². The average Bonchev–Trinajstić information content (AvgIpc) is 2.34. The van der Waals surface area contributed by atoms with Crippen LogP contribution in [0.5, 0.6) is 0 Å². The second kappa shape index (κ2) is 5.34. The molecule has 1 fully saturated rings. The maximum absolute atomic E-state index is 11.6. The lowest BCUT2D eigenvalue weighted by Gasteiger charge is -2.23. The molecule has 7 heteroatoms. The number of pyridine rings is 1. The maximum Gasteiger partial charge on any atom is 0.339 e. The first-order valence-corrected chi connectivity index (χ1v) is 6.30. The van der Waals surface area contributed by atoms with Crippen LogP contribution in [0, 0.1) is 0 Å². The van der Waals surface area contributed by atoms with E-state index in [9.17, 15) is 9.59 Å². The quantitative estimate of drug-likeness (QED) is 0.780. The van der Waals surface area contributed by atoms with E-state index in [1.165, 1.54) is 12.3 Å². The topological polar surface area (TPSA) is 91.3 Å². The molecule has 0 spiro atoms. The molecular formula is C11H12BrN3O3. The Morgan fingerprint density at radius 2 is 2.39 bits per heavy atom. The molecule has 1 aliphatic rings. The highest BCUT2D eigenvalue weighted by Gasteiger charge is 2.24. The van der Waals surface area contributed by atoms with Gasteiger partial charge in [-0.3, -0.25) is 4.79 Å². The van der Waals surface area contributed by atoms with E-state index >= 15 is 0 Å². The Balaban J connectivity index is 2.22. The average molecular weight is 314 g/mol. The first-order valence-electron chi connectivity index (χ1n) is 5.51. The van der Waals surface area contributed by atoms with E-state index in [1.807, 2.05) is 0 Å². The van der Waals surface area contributed by atoms with Crippen molar-refractivity contribution >= 4 is 33.6 Å². The molecule has 96 valence electrons. The molecule has 2 heterocycles. The number of carbonyl (C=O) groups is 2. The summed E-state index contributed by atoms with van der Waals surface area (Å²) in [6.45, 7) is 0.663. The number of aromatic nitrogens is 1. The Morgan fingerprint density at radius 3 is 3.06 bits per heavy atom. The molecule has 1 aliphatic heterocycles. The van der Waals surface area contributed by atoms with Crippen molar-refractivity contribution in [3.8, 4) is 0 Å². The molecule has 1 aromatic heterocycles. The van der Waals surface area contributed by atoms with Crippen LogP contribution in [0.3, 0.4) is 0 Å². The highest BCUT2D eigenvalue weighted by atomic mass is 79.9. The van der Waals surface area contributed by atoms with Gasteiger partial charge in [0.2, 0.25) is 5.91 Å². The van der Waals surface area contributed by atoms with E-state index in [0.29, 0.717) is 17.4 Å². The SMILES string of the molecule is O=C(O)c1cc(Br)cnc1NC1CCCNC1=O. The smallest absolute Gasteiger partial charge is 0.339 e.